The van der Waals surface area contributed by atoms with Crippen molar-refractivity contribution in [2.24, 2.45) is 0 Å². The highest BCUT2D eigenvalue weighted by molar-refractivity contribution is 5.25. The molecule has 0 unspecified atom stereocenters. The molecule has 0 saturated heterocycles. The van der Waals surface area contributed by atoms with E-state index in [1.165, 1.54) is 11.1 Å². The first-order valence-corrected chi connectivity index (χ1v) is 3.73. The largest absolute Gasteiger partial charge is 0.394 e. The fraction of sp³-hybridized carbons (Fsp3) is 0.556. The van der Waals surface area contributed by atoms with Crippen molar-refractivity contribution in [3.05, 3.63) is 23.4 Å². The average Bonchev–Trinajstić information content (AvgIpc) is 1.89. The van der Waals surface area contributed by atoms with Gasteiger partial charge in [-0.2, -0.15) is 0 Å². The van der Waals surface area contributed by atoms with Gasteiger partial charge in [-0.25, -0.2) is 0 Å². The Kier molecular flexibility index (Phi) is 4.73. The Hall–Kier alpha value is -0.720. The molecule has 0 aliphatic rings. The number of hydrogen-bond acceptors (Lipinski definition) is 1. The van der Waals surface area contributed by atoms with Gasteiger partial charge in [0.25, 0.3) is 0 Å². The monoisotopic (exact) mass is 139 g/mol. The van der Waals surface area contributed by atoms with Crippen LogP contribution in [0.4, 0.5) is 0 Å². The first kappa shape index (κ1) is 9.28. The maximum Gasteiger partial charge on any atom is 0.00278 e. The third-order valence-electron chi connectivity index (χ3n) is 1.49. The van der Waals surface area contributed by atoms with Crippen molar-refractivity contribution in [3.8, 4) is 0 Å². The fourth-order valence-electron chi connectivity index (χ4n) is 0.798. The van der Waals surface area contributed by atoms with Crippen LogP contribution in [0.3, 0.4) is 0 Å². The van der Waals surface area contributed by atoms with E-state index in [9.17, 15) is 0 Å². The molecule has 1 heteroatoms. The van der Waals surface area contributed by atoms with Crippen molar-refractivity contribution < 1.29 is 0 Å². The lowest BCUT2D eigenvalue weighted by molar-refractivity contribution is 1.07. The van der Waals surface area contributed by atoms with Crippen molar-refractivity contribution in [2.75, 3.05) is 7.05 Å². The highest BCUT2D eigenvalue weighted by atomic mass is 14.8. The van der Waals surface area contributed by atoms with Gasteiger partial charge in [0.2, 0.25) is 0 Å². The predicted molar refractivity (Wildman–Crippen MR) is 46.9 cm³/mol. The van der Waals surface area contributed by atoms with Gasteiger partial charge >= 0.3 is 0 Å². The van der Waals surface area contributed by atoms with Crippen LogP contribution in [-0.2, 0) is 0 Å². The number of hydrogen-bond donors (Lipinski definition) is 1. The summed E-state index contributed by atoms with van der Waals surface area (Å²) in [5, 5.41) is 3.00. The normalized spacial score (nSPS) is 13.6. The van der Waals surface area contributed by atoms with Crippen molar-refractivity contribution in [1.29, 1.82) is 0 Å². The summed E-state index contributed by atoms with van der Waals surface area (Å²) in [6.07, 6.45) is 5.35. The molecule has 0 aromatic heterocycles. The fourth-order valence-corrected chi connectivity index (χ4v) is 0.798. The van der Waals surface area contributed by atoms with E-state index in [2.05, 4.69) is 32.2 Å². The molecule has 0 saturated carbocycles. The molecule has 0 atom stereocenters. The highest BCUT2D eigenvalue weighted by Crippen LogP contribution is 2.06. The van der Waals surface area contributed by atoms with Gasteiger partial charge in [0.15, 0.2) is 0 Å². The molecule has 0 amide bonds. The zero-order valence-electron chi connectivity index (χ0n) is 7.36. The molecule has 0 fully saturated rings. The lowest BCUT2D eigenvalue weighted by Gasteiger charge is -1.99. The molecule has 0 spiro atoms. The molecule has 0 bridgehead atoms. The van der Waals surface area contributed by atoms with Crippen molar-refractivity contribution in [1.82, 2.24) is 5.32 Å². The van der Waals surface area contributed by atoms with Crippen molar-refractivity contribution in [2.45, 2.75) is 27.2 Å². The summed E-state index contributed by atoms with van der Waals surface area (Å²) < 4.78 is 0. The number of nitrogens with one attached hydrogen (secondary N) is 1. The van der Waals surface area contributed by atoms with Gasteiger partial charge in [0.05, 0.1) is 0 Å². The van der Waals surface area contributed by atoms with Gasteiger partial charge in [0.1, 0.15) is 0 Å². The molecule has 0 aromatic carbocycles. The molecule has 0 heterocycles. The van der Waals surface area contributed by atoms with Gasteiger partial charge in [-0.1, -0.05) is 18.6 Å². The molecule has 10 heavy (non-hydrogen) atoms. The van der Waals surface area contributed by atoms with Crippen LogP contribution in [0.1, 0.15) is 27.2 Å². The second-order valence-electron chi connectivity index (χ2n) is 2.41. The van der Waals surface area contributed by atoms with E-state index >= 15 is 0 Å². The summed E-state index contributed by atoms with van der Waals surface area (Å²) in [5.74, 6) is 0. The Morgan fingerprint density at radius 2 is 1.90 bits per heavy atom. The lowest BCUT2D eigenvalue weighted by atomic mass is 10.1. The van der Waals surface area contributed by atoms with E-state index in [1.54, 1.807) is 0 Å². The first-order valence-electron chi connectivity index (χ1n) is 3.73. The maximum atomic E-state index is 3.00. The smallest absolute Gasteiger partial charge is 0.00278 e. The molecule has 0 aliphatic carbocycles. The quantitative estimate of drug-likeness (QED) is 0.592. The Morgan fingerprint density at radius 1 is 1.30 bits per heavy atom. The number of rotatable bonds is 3. The summed E-state index contributed by atoms with van der Waals surface area (Å²) in [6.45, 7) is 6.39. The third kappa shape index (κ3) is 3.33. The minimum atomic E-state index is 1.11. The van der Waals surface area contributed by atoms with Gasteiger partial charge in [-0.3, -0.25) is 0 Å². The minimum Gasteiger partial charge on any atom is -0.394 e. The van der Waals surface area contributed by atoms with Crippen molar-refractivity contribution in [3.63, 3.8) is 0 Å². The van der Waals surface area contributed by atoms with E-state index < -0.39 is 0 Å². The molecule has 1 N–H and O–H groups in total. The highest BCUT2D eigenvalue weighted by Gasteiger charge is 1.88. The van der Waals surface area contributed by atoms with Gasteiger partial charge in [0, 0.05) is 7.05 Å². The minimum absolute atomic E-state index is 1.11. The summed E-state index contributed by atoms with van der Waals surface area (Å²) in [4.78, 5) is 0. The number of allylic oxidation sites excluding steroid dienone is 3. The molecule has 58 valence electrons. The van der Waals surface area contributed by atoms with E-state index in [-0.39, 0.29) is 0 Å². The second-order valence-corrected chi connectivity index (χ2v) is 2.41. The van der Waals surface area contributed by atoms with Gasteiger partial charge < -0.3 is 5.32 Å². The van der Waals surface area contributed by atoms with Gasteiger partial charge in [-0.15, -0.1) is 0 Å². The van der Waals surface area contributed by atoms with Crippen LogP contribution < -0.4 is 5.32 Å². The molecule has 0 radical (unpaired) electrons. The lowest BCUT2D eigenvalue weighted by Crippen LogP contribution is -1.95. The van der Waals surface area contributed by atoms with Crippen molar-refractivity contribution >= 4 is 0 Å². The van der Waals surface area contributed by atoms with Crippen LogP contribution in [0.25, 0.3) is 0 Å². The Bertz CT molecular complexity index is 125. The van der Waals surface area contributed by atoms with Crippen LogP contribution in [0.2, 0.25) is 0 Å². The van der Waals surface area contributed by atoms with Crippen LogP contribution in [0, 0.1) is 0 Å². The summed E-state index contributed by atoms with van der Waals surface area (Å²) >= 11 is 0. The summed E-state index contributed by atoms with van der Waals surface area (Å²) in [5.41, 5.74) is 2.67. The van der Waals surface area contributed by atoms with Crippen LogP contribution in [0.15, 0.2) is 23.4 Å². The van der Waals surface area contributed by atoms with E-state index in [4.69, 9.17) is 0 Å². The molecule has 0 aromatic rings. The predicted octanol–water partition coefficient (Wildman–Crippen LogP) is 2.47. The first-order chi connectivity index (χ1) is 4.72. The van der Waals surface area contributed by atoms with Crippen LogP contribution in [0.5, 0.6) is 0 Å². The molecular weight excluding hydrogens is 122 g/mol. The zero-order chi connectivity index (χ0) is 7.98. The van der Waals surface area contributed by atoms with Crippen LogP contribution >= 0.6 is 0 Å². The topological polar surface area (TPSA) is 12.0 Å². The Balaban J connectivity index is 4.06. The van der Waals surface area contributed by atoms with E-state index in [1.807, 2.05) is 13.2 Å². The van der Waals surface area contributed by atoms with Gasteiger partial charge in [-0.05, 0) is 32.0 Å². The zero-order valence-corrected chi connectivity index (χ0v) is 7.36. The second kappa shape index (κ2) is 5.10. The molecule has 0 aliphatic heterocycles. The Morgan fingerprint density at radius 3 is 2.30 bits per heavy atom. The summed E-state index contributed by atoms with van der Waals surface area (Å²) in [7, 11) is 1.92. The van der Waals surface area contributed by atoms with E-state index in [0.717, 1.165) is 6.42 Å². The molecule has 0 rings (SSSR count). The standard InChI is InChI=1S/C9H17N/c1-5-6-8(2)9(3)7-10-4/h6-7,10H,5H2,1-4H3/b8-6+,9-7+. The molecular formula is C9H17N. The SMILES string of the molecule is CC/C=C(C)/C(C)=C/NC. The maximum absolute atomic E-state index is 3.00. The third-order valence-corrected chi connectivity index (χ3v) is 1.49. The Labute approximate surface area is 63.8 Å². The van der Waals surface area contributed by atoms with E-state index in [0.29, 0.717) is 0 Å². The van der Waals surface area contributed by atoms with Crippen LogP contribution in [-0.4, -0.2) is 7.05 Å². The molecule has 1 nitrogen and oxygen atoms in total. The average molecular weight is 139 g/mol. The summed E-state index contributed by atoms with van der Waals surface area (Å²) in [6, 6.07) is 0.